The van der Waals surface area contributed by atoms with Gasteiger partial charge in [-0.3, -0.25) is 4.79 Å². The number of nitrogens with one attached hydrogen (secondary N) is 3. The zero-order valence-electron chi connectivity index (χ0n) is 24.4. The molecule has 6 N–H and O–H groups in total. The molecule has 0 unspecified atom stereocenters. The lowest BCUT2D eigenvalue weighted by molar-refractivity contribution is -0.131. The predicted octanol–water partition coefficient (Wildman–Crippen LogP) is 2.89. The molecule has 0 heterocycles. The van der Waals surface area contributed by atoms with E-state index in [0.717, 1.165) is 11.1 Å². The van der Waals surface area contributed by atoms with Gasteiger partial charge in [-0.15, -0.1) is 0 Å². The topological polar surface area (TPSA) is 140 Å². The quantitative estimate of drug-likeness (QED) is 0.173. The zero-order chi connectivity index (χ0) is 30.5. The number of aliphatic hydroxyl groups is 3. The van der Waals surface area contributed by atoms with E-state index in [2.05, 4.69) is 16.0 Å². The smallest absolute Gasteiger partial charge is 0.407 e. The molecule has 0 fully saturated rings. The molecule has 3 aromatic carbocycles. The third kappa shape index (κ3) is 11.3. The van der Waals surface area contributed by atoms with Gasteiger partial charge >= 0.3 is 6.09 Å². The lowest BCUT2D eigenvalue weighted by atomic mass is 9.99. The molecule has 0 bridgehead atoms. The molecule has 5 atom stereocenters. The second kappa shape index (κ2) is 16.0. The van der Waals surface area contributed by atoms with Gasteiger partial charge in [0.05, 0.1) is 24.3 Å². The van der Waals surface area contributed by atoms with Crippen molar-refractivity contribution in [2.45, 2.75) is 69.6 Å². The summed E-state index contributed by atoms with van der Waals surface area (Å²) in [7, 11) is 0. The number of amides is 2. The molecule has 2 amide bonds. The molecule has 0 spiro atoms. The fourth-order valence-electron chi connectivity index (χ4n) is 4.47. The summed E-state index contributed by atoms with van der Waals surface area (Å²) in [6, 6.07) is 26.1. The Hall–Kier alpha value is -3.76. The third-order valence-corrected chi connectivity index (χ3v) is 6.63. The van der Waals surface area contributed by atoms with Gasteiger partial charge in [0, 0.05) is 13.1 Å². The summed E-state index contributed by atoms with van der Waals surface area (Å²) in [5.41, 5.74) is 1.59. The van der Waals surface area contributed by atoms with Crippen LogP contribution >= 0.6 is 0 Å². The maximum absolute atomic E-state index is 12.9. The highest BCUT2D eigenvalue weighted by atomic mass is 16.6. The van der Waals surface area contributed by atoms with E-state index >= 15 is 0 Å². The normalized spacial score (nSPS) is 15.1. The number of alkyl carbamates (subject to hydrolysis) is 1. The number of benzene rings is 3. The first kappa shape index (κ1) is 32.8. The van der Waals surface area contributed by atoms with E-state index in [1.165, 1.54) is 0 Å². The second-order valence-electron chi connectivity index (χ2n) is 11.4. The molecule has 0 aromatic heterocycles. The van der Waals surface area contributed by atoms with Crippen LogP contribution in [0.3, 0.4) is 0 Å². The Balaban J connectivity index is 1.64. The van der Waals surface area contributed by atoms with Crippen LogP contribution in [0.4, 0.5) is 4.79 Å². The van der Waals surface area contributed by atoms with E-state index in [9.17, 15) is 24.9 Å². The number of carbonyl (C=O) groups is 2. The van der Waals surface area contributed by atoms with E-state index in [1.54, 1.807) is 51.1 Å². The Bertz CT molecular complexity index is 1220. The van der Waals surface area contributed by atoms with E-state index in [4.69, 9.17) is 4.74 Å². The van der Waals surface area contributed by atoms with Gasteiger partial charge in [0.25, 0.3) is 5.91 Å². The second-order valence-corrected chi connectivity index (χ2v) is 11.4. The molecule has 9 nitrogen and oxygen atoms in total. The number of hydrogen-bond donors (Lipinski definition) is 6. The lowest BCUT2D eigenvalue weighted by Gasteiger charge is -2.29. The number of aliphatic hydroxyl groups excluding tert-OH is 3. The number of hydrogen-bond acceptors (Lipinski definition) is 7. The summed E-state index contributed by atoms with van der Waals surface area (Å²) in [6.45, 7) is 5.40. The molecule has 3 aromatic rings. The zero-order valence-corrected chi connectivity index (χ0v) is 24.4. The molecule has 0 saturated carbocycles. The standard InChI is InChI=1S/C33H43N3O6/c1-33(2,3)42-32(41)36-27(20-24-15-9-5-10-16-24)29(38)22-34-21-28(37)26(19-23-13-7-4-8-14-23)35-31(40)30(39)25-17-11-6-12-18-25/h4-18,26-30,34,37-39H,19-22H2,1-3H3,(H,35,40)(H,36,41)/t26-,27-,28+,29+,30-/m0/s1. The summed E-state index contributed by atoms with van der Waals surface area (Å²) < 4.78 is 5.39. The Kier molecular flexibility index (Phi) is 12.5. The largest absolute Gasteiger partial charge is 0.444 e. The Labute approximate surface area is 247 Å². The fourth-order valence-corrected chi connectivity index (χ4v) is 4.47. The Morgan fingerprint density at radius 3 is 1.57 bits per heavy atom. The van der Waals surface area contributed by atoms with Crippen LogP contribution in [0.1, 0.15) is 43.6 Å². The van der Waals surface area contributed by atoms with Crippen LogP contribution in [0.5, 0.6) is 0 Å². The summed E-state index contributed by atoms with van der Waals surface area (Å²) in [5, 5.41) is 41.3. The van der Waals surface area contributed by atoms with Crippen molar-refractivity contribution < 1.29 is 29.6 Å². The molecule has 0 aliphatic carbocycles. The third-order valence-electron chi connectivity index (χ3n) is 6.63. The number of ether oxygens (including phenoxy) is 1. The van der Waals surface area contributed by atoms with Gasteiger partial charge < -0.3 is 36.0 Å². The van der Waals surface area contributed by atoms with E-state index in [0.29, 0.717) is 18.4 Å². The average molecular weight is 578 g/mol. The summed E-state index contributed by atoms with van der Waals surface area (Å²) >= 11 is 0. The van der Waals surface area contributed by atoms with E-state index < -0.39 is 48.0 Å². The molecule has 0 aliphatic heterocycles. The van der Waals surface area contributed by atoms with Gasteiger partial charge in [0.2, 0.25) is 0 Å². The van der Waals surface area contributed by atoms with Crippen LogP contribution in [0.25, 0.3) is 0 Å². The van der Waals surface area contributed by atoms with Crippen LogP contribution in [-0.4, -0.2) is 70.3 Å². The van der Waals surface area contributed by atoms with Crippen LogP contribution in [-0.2, 0) is 22.4 Å². The van der Waals surface area contributed by atoms with Crippen molar-refractivity contribution in [2.24, 2.45) is 0 Å². The summed E-state index contributed by atoms with van der Waals surface area (Å²) in [4.78, 5) is 25.4. The van der Waals surface area contributed by atoms with Crippen molar-refractivity contribution in [3.8, 4) is 0 Å². The number of carbonyl (C=O) groups excluding carboxylic acids is 2. The average Bonchev–Trinajstić information content (AvgIpc) is 2.96. The van der Waals surface area contributed by atoms with Crippen LogP contribution in [0.2, 0.25) is 0 Å². The van der Waals surface area contributed by atoms with E-state index in [-0.39, 0.29) is 13.1 Å². The van der Waals surface area contributed by atoms with Crippen molar-refractivity contribution in [1.29, 1.82) is 0 Å². The maximum Gasteiger partial charge on any atom is 0.407 e. The first-order valence-corrected chi connectivity index (χ1v) is 14.2. The highest BCUT2D eigenvalue weighted by Crippen LogP contribution is 2.15. The van der Waals surface area contributed by atoms with Crippen LogP contribution in [0, 0.1) is 0 Å². The molecular weight excluding hydrogens is 534 g/mol. The lowest BCUT2D eigenvalue weighted by Crippen LogP contribution is -2.53. The van der Waals surface area contributed by atoms with Crippen molar-refractivity contribution in [2.75, 3.05) is 13.1 Å². The summed E-state index contributed by atoms with van der Waals surface area (Å²) in [5.74, 6) is -0.620. The minimum atomic E-state index is -1.39. The first-order chi connectivity index (χ1) is 20.0. The molecule has 3 rings (SSSR count). The predicted molar refractivity (Wildman–Crippen MR) is 162 cm³/mol. The van der Waals surface area contributed by atoms with Gasteiger partial charge in [-0.2, -0.15) is 0 Å². The molecule has 42 heavy (non-hydrogen) atoms. The van der Waals surface area contributed by atoms with Crippen LogP contribution in [0.15, 0.2) is 91.0 Å². The monoisotopic (exact) mass is 577 g/mol. The van der Waals surface area contributed by atoms with Crippen molar-refractivity contribution in [3.05, 3.63) is 108 Å². The molecule has 9 heteroatoms. The first-order valence-electron chi connectivity index (χ1n) is 14.2. The van der Waals surface area contributed by atoms with Gasteiger partial charge in [0.1, 0.15) is 5.60 Å². The molecule has 226 valence electrons. The van der Waals surface area contributed by atoms with Gasteiger partial charge in [-0.1, -0.05) is 91.0 Å². The highest BCUT2D eigenvalue weighted by molar-refractivity contribution is 5.82. The molecule has 0 aliphatic rings. The van der Waals surface area contributed by atoms with E-state index in [1.807, 2.05) is 60.7 Å². The molecular formula is C33H43N3O6. The van der Waals surface area contributed by atoms with Gasteiger partial charge in [-0.25, -0.2) is 4.79 Å². The Morgan fingerprint density at radius 1 is 0.690 bits per heavy atom. The van der Waals surface area contributed by atoms with Gasteiger partial charge in [-0.05, 0) is 50.3 Å². The molecule has 0 saturated heterocycles. The minimum absolute atomic E-state index is 0.0424. The number of rotatable bonds is 14. The van der Waals surface area contributed by atoms with Crippen molar-refractivity contribution >= 4 is 12.0 Å². The Morgan fingerprint density at radius 2 is 1.12 bits per heavy atom. The van der Waals surface area contributed by atoms with Crippen LogP contribution < -0.4 is 16.0 Å². The highest BCUT2D eigenvalue weighted by Gasteiger charge is 2.28. The minimum Gasteiger partial charge on any atom is -0.444 e. The SMILES string of the molecule is CC(C)(C)OC(=O)N[C@@H](Cc1ccccc1)[C@H](O)CNC[C@@H](O)[C@H](Cc1ccccc1)NC(=O)[C@@H](O)c1ccccc1. The van der Waals surface area contributed by atoms with Gasteiger partial charge in [0.15, 0.2) is 6.10 Å². The fraction of sp³-hybridized carbons (Fsp3) is 0.394. The molecule has 0 radical (unpaired) electrons. The maximum atomic E-state index is 12.9. The van der Waals surface area contributed by atoms with Crippen molar-refractivity contribution in [1.82, 2.24) is 16.0 Å². The summed E-state index contributed by atoms with van der Waals surface area (Å²) in [6.07, 6.45) is -3.37. The van der Waals surface area contributed by atoms with Crippen molar-refractivity contribution in [3.63, 3.8) is 0 Å².